The molecule has 1 heterocycles. The molecule has 3 rings (SSSR count). The zero-order valence-corrected chi connectivity index (χ0v) is 13.0. The van der Waals surface area contributed by atoms with Crippen LogP contribution < -0.4 is 5.32 Å². The van der Waals surface area contributed by atoms with Crippen molar-refractivity contribution in [3.8, 4) is 0 Å². The lowest BCUT2D eigenvalue weighted by atomic mass is 9.92. The number of nitrogens with zero attached hydrogens (tertiary/aromatic N) is 1. The molecule has 0 fully saturated rings. The van der Waals surface area contributed by atoms with Gasteiger partial charge in [-0.3, -0.25) is 9.59 Å². The van der Waals surface area contributed by atoms with Crippen LogP contribution in [0.1, 0.15) is 26.4 Å². The third kappa shape index (κ3) is 2.81. The zero-order valence-electron chi connectivity index (χ0n) is 12.2. The predicted octanol–water partition coefficient (Wildman–Crippen LogP) is 1.52. The summed E-state index contributed by atoms with van der Waals surface area (Å²) in [4.78, 5) is 42.9. The highest BCUT2D eigenvalue weighted by Crippen LogP contribution is 2.27. The van der Waals surface area contributed by atoms with Gasteiger partial charge in [0.2, 0.25) is 11.6 Å². The van der Waals surface area contributed by atoms with E-state index in [2.05, 4.69) is 15.3 Å². The summed E-state index contributed by atoms with van der Waals surface area (Å²) in [6, 6.07) is 5.13. The number of H-pyrrole nitrogens is 1. The highest BCUT2D eigenvalue weighted by Gasteiger charge is 2.33. The topological polar surface area (TPSA) is 112 Å². The van der Waals surface area contributed by atoms with E-state index in [1.807, 2.05) is 0 Å². The number of halogens is 1. The van der Waals surface area contributed by atoms with Crippen LogP contribution in [-0.4, -0.2) is 38.7 Å². The molecule has 0 saturated carbocycles. The Balaban J connectivity index is 1.92. The lowest BCUT2D eigenvalue weighted by Crippen LogP contribution is -2.42. The predicted molar refractivity (Wildman–Crippen MR) is 84.8 cm³/mol. The van der Waals surface area contributed by atoms with E-state index in [0.29, 0.717) is 5.69 Å². The Morgan fingerprint density at radius 3 is 2.50 bits per heavy atom. The number of allylic oxidation sites excluding steroid dienone is 2. The van der Waals surface area contributed by atoms with Crippen molar-refractivity contribution < 1.29 is 19.5 Å². The van der Waals surface area contributed by atoms with E-state index in [-0.39, 0.29) is 28.3 Å². The van der Waals surface area contributed by atoms with Gasteiger partial charge in [-0.1, -0.05) is 35.9 Å². The third-order valence-corrected chi connectivity index (χ3v) is 4.02. The normalized spacial score (nSPS) is 15.2. The molecular weight excluding hydrogens is 334 g/mol. The van der Waals surface area contributed by atoms with Crippen LogP contribution in [0.15, 0.2) is 47.5 Å². The molecule has 0 bridgehead atoms. The van der Waals surface area contributed by atoms with Crippen molar-refractivity contribution in [2.24, 2.45) is 0 Å². The van der Waals surface area contributed by atoms with E-state index in [4.69, 9.17) is 11.6 Å². The van der Waals surface area contributed by atoms with Gasteiger partial charge in [0, 0.05) is 29.4 Å². The Bertz CT molecular complexity index is 858. The van der Waals surface area contributed by atoms with Gasteiger partial charge in [-0.05, 0) is 0 Å². The van der Waals surface area contributed by atoms with Crippen molar-refractivity contribution in [2.45, 2.75) is 12.5 Å². The minimum atomic E-state index is -1.18. The van der Waals surface area contributed by atoms with E-state index in [1.54, 1.807) is 12.1 Å². The molecule has 1 atom stereocenters. The fourth-order valence-corrected chi connectivity index (χ4v) is 2.71. The first kappa shape index (κ1) is 15.9. The second-order valence-corrected chi connectivity index (χ2v) is 5.59. The molecule has 1 aliphatic carbocycles. The number of hydrogen-bond donors (Lipinski definition) is 3. The highest BCUT2D eigenvalue weighted by molar-refractivity contribution is 6.49. The number of carboxylic acid groups (broad SMARTS) is 1. The summed E-state index contributed by atoms with van der Waals surface area (Å²) in [5.74, 6) is -2.20. The number of aliphatic carboxylic acids is 1. The van der Waals surface area contributed by atoms with Crippen molar-refractivity contribution in [1.29, 1.82) is 0 Å². The maximum Gasteiger partial charge on any atom is 0.326 e. The first-order valence-electron chi connectivity index (χ1n) is 7.04. The number of carbonyl (C=O) groups excluding carboxylic acids is 2. The molecule has 24 heavy (non-hydrogen) atoms. The fourth-order valence-electron chi connectivity index (χ4n) is 2.46. The van der Waals surface area contributed by atoms with Crippen LogP contribution in [-0.2, 0) is 11.2 Å². The monoisotopic (exact) mass is 345 g/mol. The Morgan fingerprint density at radius 1 is 1.25 bits per heavy atom. The van der Waals surface area contributed by atoms with Gasteiger partial charge < -0.3 is 15.4 Å². The van der Waals surface area contributed by atoms with Crippen molar-refractivity contribution in [3.63, 3.8) is 0 Å². The molecule has 0 aliphatic heterocycles. The summed E-state index contributed by atoms with van der Waals surface area (Å²) in [5.41, 5.74) is 0.771. The van der Waals surface area contributed by atoms with Gasteiger partial charge in [-0.2, -0.15) is 0 Å². The minimum absolute atomic E-state index is 0.0477. The molecule has 7 nitrogen and oxygen atoms in total. The first-order chi connectivity index (χ1) is 11.5. The molecule has 0 saturated heterocycles. The number of rotatable bonds is 5. The molecular formula is C16H12ClN3O4. The second kappa shape index (κ2) is 6.29. The number of hydrogen-bond acceptors (Lipinski definition) is 5. The van der Waals surface area contributed by atoms with Gasteiger partial charge in [0.25, 0.3) is 0 Å². The standard InChI is InChI=1S/C16H12ClN3O4/c17-12-13(15(22)10-4-2-1-3-9(10)14(12)21)20-11(16(23)24)5-8-6-18-7-19-8/h1-4,6-7,11,20H,5H2,(H,18,19)(H,23,24)/t11-/m0/s1. The van der Waals surface area contributed by atoms with E-state index >= 15 is 0 Å². The second-order valence-electron chi connectivity index (χ2n) is 5.21. The van der Waals surface area contributed by atoms with Crippen LogP contribution in [0.3, 0.4) is 0 Å². The van der Waals surface area contributed by atoms with E-state index in [9.17, 15) is 19.5 Å². The number of aromatic nitrogens is 2. The first-order valence-corrected chi connectivity index (χ1v) is 7.41. The maximum absolute atomic E-state index is 12.6. The number of carbonyl (C=O) groups is 3. The number of imidazole rings is 1. The maximum atomic E-state index is 12.6. The number of aromatic amines is 1. The molecule has 0 radical (unpaired) electrons. The number of benzene rings is 1. The summed E-state index contributed by atoms with van der Waals surface area (Å²) >= 11 is 6.02. The van der Waals surface area contributed by atoms with Crippen LogP contribution in [0, 0.1) is 0 Å². The van der Waals surface area contributed by atoms with E-state index < -0.39 is 23.6 Å². The summed E-state index contributed by atoms with van der Waals surface area (Å²) in [7, 11) is 0. The number of ketones is 2. The average molecular weight is 346 g/mol. The van der Waals surface area contributed by atoms with Gasteiger partial charge in [0.1, 0.15) is 16.8 Å². The van der Waals surface area contributed by atoms with Crippen molar-refractivity contribution in [3.05, 3.63) is 64.3 Å². The molecule has 0 amide bonds. The van der Waals surface area contributed by atoms with E-state index in [1.165, 1.54) is 24.7 Å². The number of Topliss-reactive ketones (excluding diaryl/α,β-unsaturated/α-hetero) is 2. The molecule has 1 aromatic carbocycles. The molecule has 122 valence electrons. The Kier molecular flexibility index (Phi) is 4.18. The van der Waals surface area contributed by atoms with Crippen LogP contribution in [0.5, 0.6) is 0 Å². The van der Waals surface area contributed by atoms with Crippen LogP contribution in [0.4, 0.5) is 0 Å². The number of fused-ring (bicyclic) bond motifs is 1. The Hall–Kier alpha value is -2.93. The molecule has 0 unspecified atom stereocenters. The van der Waals surface area contributed by atoms with Gasteiger partial charge in [-0.15, -0.1) is 0 Å². The van der Waals surface area contributed by atoms with Gasteiger partial charge >= 0.3 is 5.97 Å². The smallest absolute Gasteiger partial charge is 0.326 e. The molecule has 3 N–H and O–H groups in total. The molecule has 2 aromatic rings. The average Bonchev–Trinajstić information content (AvgIpc) is 3.08. The van der Waals surface area contributed by atoms with Gasteiger partial charge in [-0.25, -0.2) is 9.78 Å². The molecule has 0 spiro atoms. The Labute approximate surface area is 141 Å². The molecule has 1 aromatic heterocycles. The largest absolute Gasteiger partial charge is 0.480 e. The van der Waals surface area contributed by atoms with Crippen LogP contribution in [0.2, 0.25) is 0 Å². The highest BCUT2D eigenvalue weighted by atomic mass is 35.5. The Morgan fingerprint density at radius 2 is 1.92 bits per heavy atom. The summed E-state index contributed by atoms with van der Waals surface area (Å²) in [6.07, 6.45) is 2.95. The minimum Gasteiger partial charge on any atom is -0.480 e. The third-order valence-electron chi connectivity index (χ3n) is 3.66. The summed E-state index contributed by atoms with van der Waals surface area (Å²) in [5, 5.41) is 11.7. The van der Waals surface area contributed by atoms with E-state index in [0.717, 1.165) is 0 Å². The van der Waals surface area contributed by atoms with Crippen molar-refractivity contribution in [2.75, 3.05) is 0 Å². The van der Waals surface area contributed by atoms with Gasteiger partial charge in [0.05, 0.1) is 6.33 Å². The zero-order chi connectivity index (χ0) is 17.3. The molecule has 1 aliphatic rings. The SMILES string of the molecule is O=C1C(Cl)=C(N[C@@H](Cc2cnc[nH]2)C(=O)O)C(=O)c2ccccc21. The number of carboxylic acids is 1. The summed E-state index contributed by atoms with van der Waals surface area (Å²) < 4.78 is 0. The van der Waals surface area contributed by atoms with Crippen molar-refractivity contribution >= 4 is 29.1 Å². The lowest BCUT2D eigenvalue weighted by molar-refractivity contribution is -0.139. The fraction of sp³-hybridized carbons (Fsp3) is 0.125. The lowest BCUT2D eigenvalue weighted by Gasteiger charge is -2.22. The van der Waals surface area contributed by atoms with Gasteiger partial charge in [0.15, 0.2) is 0 Å². The number of nitrogens with one attached hydrogen (secondary N) is 2. The molecule has 8 heteroatoms. The van der Waals surface area contributed by atoms with Crippen LogP contribution >= 0.6 is 11.6 Å². The van der Waals surface area contributed by atoms with Crippen LogP contribution in [0.25, 0.3) is 0 Å². The van der Waals surface area contributed by atoms with Crippen molar-refractivity contribution in [1.82, 2.24) is 15.3 Å². The summed E-state index contributed by atoms with van der Waals surface area (Å²) in [6.45, 7) is 0. The quantitative estimate of drug-likeness (QED) is 0.757.